The minimum Gasteiger partial charge on any atom is -0.462 e. The highest BCUT2D eigenvalue weighted by Gasteiger charge is 2.31. The van der Waals surface area contributed by atoms with E-state index in [4.69, 9.17) is 4.74 Å². The molecule has 1 aliphatic rings. The van der Waals surface area contributed by atoms with Crippen LogP contribution in [0.2, 0.25) is 0 Å². The number of rotatable bonds is 2. The lowest BCUT2D eigenvalue weighted by Crippen LogP contribution is -2.45. The molecule has 1 atom stereocenters. The Balaban J connectivity index is 2.27. The van der Waals surface area contributed by atoms with Gasteiger partial charge in [-0.25, -0.2) is 0 Å². The van der Waals surface area contributed by atoms with E-state index < -0.39 is 0 Å². The summed E-state index contributed by atoms with van der Waals surface area (Å²) in [6, 6.07) is 9.28. The van der Waals surface area contributed by atoms with Crippen molar-refractivity contribution < 1.29 is 14.3 Å². The Kier molecular flexibility index (Phi) is 3.23. The fourth-order valence-corrected chi connectivity index (χ4v) is 1.86. The molecule has 0 radical (unpaired) electrons. The number of carbonyl (C=O) groups excluding carboxylic acids is 2. The average molecular weight is 231 g/mol. The van der Waals surface area contributed by atoms with Crippen molar-refractivity contribution in [1.29, 1.82) is 0 Å². The van der Waals surface area contributed by atoms with E-state index >= 15 is 0 Å². The van der Waals surface area contributed by atoms with Gasteiger partial charge in [0.25, 0.3) is 0 Å². The van der Waals surface area contributed by atoms with Gasteiger partial charge in [0, 0.05) is 0 Å². The van der Waals surface area contributed by atoms with Crippen LogP contribution in [0.4, 0.5) is 0 Å². The third kappa shape index (κ3) is 2.36. The van der Waals surface area contributed by atoms with E-state index in [0.29, 0.717) is 0 Å². The highest BCUT2D eigenvalue weighted by molar-refractivity contribution is 5.90. The number of nitrogens with zero attached hydrogens (tertiary/aromatic N) is 1. The molecular weight excluding hydrogens is 218 g/mol. The van der Waals surface area contributed by atoms with Gasteiger partial charge in [-0.2, -0.15) is 0 Å². The molecule has 1 aliphatic heterocycles. The number of benzene rings is 1. The van der Waals surface area contributed by atoms with Gasteiger partial charge in [-0.15, -0.1) is 0 Å². The largest absolute Gasteiger partial charge is 0.462 e. The van der Waals surface area contributed by atoms with Gasteiger partial charge in [-0.05, 0) is 11.6 Å². The molecule has 0 bridgehead atoms. The monoisotopic (exact) mass is 231 g/mol. The summed E-state index contributed by atoms with van der Waals surface area (Å²) < 4.78 is 5.00. The Morgan fingerprint density at radius 2 is 2.12 bits per heavy atom. The number of cyclic esters (lactones) is 1. The zero-order chi connectivity index (χ0) is 12.3. The fraction of sp³-hybridized carbons (Fsp3) is 0.231. The molecule has 0 saturated carbocycles. The van der Waals surface area contributed by atoms with Crippen LogP contribution < -0.4 is 0 Å². The molecule has 17 heavy (non-hydrogen) atoms. The van der Waals surface area contributed by atoms with Gasteiger partial charge >= 0.3 is 5.97 Å². The van der Waals surface area contributed by atoms with E-state index in [9.17, 15) is 9.59 Å². The molecule has 0 aromatic heterocycles. The number of hydrogen-bond donors (Lipinski definition) is 0. The third-order valence-electron chi connectivity index (χ3n) is 2.72. The van der Waals surface area contributed by atoms with E-state index in [1.807, 2.05) is 30.3 Å². The van der Waals surface area contributed by atoms with Crippen molar-refractivity contribution in [2.24, 2.45) is 0 Å². The number of hydrogen-bond acceptors (Lipinski definition) is 3. The molecule has 0 N–H and O–H groups in total. The summed E-state index contributed by atoms with van der Waals surface area (Å²) in [6.45, 7) is 3.62. The molecule has 1 heterocycles. The van der Waals surface area contributed by atoms with Crippen LogP contribution in [0.15, 0.2) is 43.0 Å². The second-order valence-electron chi connectivity index (χ2n) is 3.78. The van der Waals surface area contributed by atoms with Gasteiger partial charge in [0.15, 0.2) is 0 Å². The normalized spacial score (nSPS) is 19.6. The SMILES string of the molecule is C=CC(=O)N1CC(=O)OC[C@@H]1c1ccccc1. The molecular formula is C13H13NO3. The summed E-state index contributed by atoms with van der Waals surface area (Å²) >= 11 is 0. The highest BCUT2D eigenvalue weighted by Crippen LogP contribution is 2.24. The lowest BCUT2D eigenvalue weighted by molar-refractivity contribution is -0.160. The van der Waals surface area contributed by atoms with Crippen molar-refractivity contribution in [2.45, 2.75) is 6.04 Å². The second kappa shape index (κ2) is 4.82. The predicted molar refractivity (Wildman–Crippen MR) is 62.1 cm³/mol. The molecule has 0 aliphatic carbocycles. The third-order valence-corrected chi connectivity index (χ3v) is 2.72. The minimum atomic E-state index is -0.382. The summed E-state index contributed by atoms with van der Waals surface area (Å²) in [5.41, 5.74) is 0.954. The summed E-state index contributed by atoms with van der Waals surface area (Å²) in [4.78, 5) is 24.4. The molecule has 1 fully saturated rings. The van der Waals surface area contributed by atoms with Crippen LogP contribution in [-0.2, 0) is 14.3 Å². The maximum absolute atomic E-state index is 11.7. The first kappa shape index (κ1) is 11.4. The van der Waals surface area contributed by atoms with Crippen molar-refractivity contribution in [3.8, 4) is 0 Å². The van der Waals surface area contributed by atoms with Crippen molar-refractivity contribution in [1.82, 2.24) is 4.90 Å². The Morgan fingerprint density at radius 3 is 2.76 bits per heavy atom. The van der Waals surface area contributed by atoms with Gasteiger partial charge < -0.3 is 9.64 Å². The molecule has 1 saturated heterocycles. The Hall–Kier alpha value is -2.10. The van der Waals surface area contributed by atoms with Crippen molar-refractivity contribution in [3.63, 3.8) is 0 Å². The van der Waals surface area contributed by atoms with E-state index in [-0.39, 0.29) is 31.1 Å². The van der Waals surface area contributed by atoms with Gasteiger partial charge in [0.2, 0.25) is 5.91 Å². The molecule has 0 spiro atoms. The zero-order valence-corrected chi connectivity index (χ0v) is 9.33. The lowest BCUT2D eigenvalue weighted by atomic mass is 10.0. The minimum absolute atomic E-state index is 0.0234. The predicted octanol–water partition coefficient (Wildman–Crippen LogP) is 1.30. The van der Waals surface area contributed by atoms with Gasteiger partial charge in [-0.3, -0.25) is 9.59 Å². The summed E-state index contributed by atoms with van der Waals surface area (Å²) in [5, 5.41) is 0. The fourth-order valence-electron chi connectivity index (χ4n) is 1.86. The van der Waals surface area contributed by atoms with Crippen LogP contribution in [0.25, 0.3) is 0 Å². The Labute approximate surface area is 99.5 Å². The first-order valence-electron chi connectivity index (χ1n) is 5.36. The van der Waals surface area contributed by atoms with E-state index in [1.54, 1.807) is 0 Å². The summed E-state index contributed by atoms with van der Waals surface area (Å²) in [6.07, 6.45) is 1.22. The van der Waals surface area contributed by atoms with Crippen LogP contribution in [-0.4, -0.2) is 29.9 Å². The number of ether oxygens (including phenoxy) is 1. The Morgan fingerprint density at radius 1 is 1.41 bits per heavy atom. The van der Waals surface area contributed by atoms with E-state index in [1.165, 1.54) is 11.0 Å². The van der Waals surface area contributed by atoms with Crippen LogP contribution >= 0.6 is 0 Å². The number of carbonyl (C=O) groups is 2. The van der Waals surface area contributed by atoms with Crippen molar-refractivity contribution in [3.05, 3.63) is 48.6 Å². The molecule has 1 aromatic rings. The smallest absolute Gasteiger partial charge is 0.325 e. The standard InChI is InChI=1S/C13H13NO3/c1-2-12(15)14-8-13(16)17-9-11(14)10-6-4-3-5-7-10/h2-7,11H,1,8-9H2/t11-/m1/s1. The second-order valence-corrected chi connectivity index (χ2v) is 3.78. The summed E-state index contributed by atoms with van der Waals surface area (Å²) in [5.74, 6) is -0.636. The zero-order valence-electron chi connectivity index (χ0n) is 9.33. The van der Waals surface area contributed by atoms with Crippen LogP contribution in [0.1, 0.15) is 11.6 Å². The molecule has 1 amide bonds. The van der Waals surface area contributed by atoms with Crippen LogP contribution in [0.5, 0.6) is 0 Å². The van der Waals surface area contributed by atoms with Crippen molar-refractivity contribution >= 4 is 11.9 Å². The lowest BCUT2D eigenvalue weighted by Gasteiger charge is -2.34. The van der Waals surface area contributed by atoms with E-state index in [2.05, 4.69) is 6.58 Å². The number of morpholine rings is 1. The quantitative estimate of drug-likeness (QED) is 0.569. The molecule has 2 rings (SSSR count). The van der Waals surface area contributed by atoms with Gasteiger partial charge in [-0.1, -0.05) is 36.9 Å². The summed E-state index contributed by atoms with van der Waals surface area (Å²) in [7, 11) is 0. The van der Waals surface area contributed by atoms with Gasteiger partial charge in [0.05, 0.1) is 6.04 Å². The maximum atomic E-state index is 11.7. The first-order chi connectivity index (χ1) is 8.22. The topological polar surface area (TPSA) is 46.6 Å². The highest BCUT2D eigenvalue weighted by atomic mass is 16.5. The number of amides is 1. The van der Waals surface area contributed by atoms with Crippen molar-refractivity contribution in [2.75, 3.05) is 13.2 Å². The molecule has 4 nitrogen and oxygen atoms in total. The van der Waals surface area contributed by atoms with Gasteiger partial charge in [0.1, 0.15) is 13.2 Å². The van der Waals surface area contributed by atoms with Crippen LogP contribution in [0.3, 0.4) is 0 Å². The maximum Gasteiger partial charge on any atom is 0.325 e. The average Bonchev–Trinajstić information content (AvgIpc) is 2.38. The first-order valence-corrected chi connectivity index (χ1v) is 5.36. The number of esters is 1. The van der Waals surface area contributed by atoms with Crippen LogP contribution in [0, 0.1) is 0 Å². The molecule has 4 heteroatoms. The van der Waals surface area contributed by atoms with E-state index in [0.717, 1.165) is 5.56 Å². The molecule has 1 aromatic carbocycles. The Bertz CT molecular complexity index is 441. The molecule has 88 valence electrons. The molecule has 0 unspecified atom stereocenters.